The number of rotatable bonds is 13. The van der Waals surface area contributed by atoms with E-state index in [0.29, 0.717) is 19.3 Å². The second-order valence-electron chi connectivity index (χ2n) is 7.19. The molecule has 0 saturated heterocycles. The van der Waals surface area contributed by atoms with Gasteiger partial charge in [-0.3, -0.25) is 4.79 Å². The molecule has 25 heavy (non-hydrogen) atoms. The van der Waals surface area contributed by atoms with Gasteiger partial charge in [-0.25, -0.2) is 0 Å². The number of carboxylic acids is 1. The maximum atomic E-state index is 12.1. The maximum Gasteiger partial charge on any atom is 0.139 e. The molecule has 1 aliphatic carbocycles. The topological polar surface area (TPSA) is 97.7 Å². The molecule has 0 aromatic carbocycles. The summed E-state index contributed by atoms with van der Waals surface area (Å²) in [5.74, 6) is -1.32. The van der Waals surface area contributed by atoms with Gasteiger partial charge in [0.2, 0.25) is 0 Å². The normalized spacial score (nSPS) is 24.9. The fourth-order valence-electron chi connectivity index (χ4n) is 3.54. The molecule has 0 amide bonds. The summed E-state index contributed by atoms with van der Waals surface area (Å²) in [6.07, 6.45) is 10.4. The van der Waals surface area contributed by atoms with E-state index in [2.05, 4.69) is 6.92 Å². The van der Waals surface area contributed by atoms with Gasteiger partial charge in [0.15, 0.2) is 0 Å². The molecule has 0 aliphatic heterocycles. The predicted molar refractivity (Wildman–Crippen MR) is 94.6 cm³/mol. The lowest BCUT2D eigenvalue weighted by molar-refractivity contribution is -0.305. The number of aliphatic carboxylic acids is 1. The first-order valence-corrected chi connectivity index (χ1v) is 9.72. The zero-order valence-electron chi connectivity index (χ0n) is 15.4. The largest absolute Gasteiger partial charge is 0.550 e. The number of hydrogen-bond donors (Lipinski definition) is 2. The molecule has 0 radical (unpaired) electrons. The average molecular weight is 353 g/mol. The van der Waals surface area contributed by atoms with Crippen LogP contribution in [0.15, 0.2) is 12.2 Å². The number of carbonyl (C=O) groups is 2. The number of unbranched alkanes of at least 4 members (excludes halogenated alkanes) is 5. The van der Waals surface area contributed by atoms with Crippen LogP contribution in [0.4, 0.5) is 0 Å². The van der Waals surface area contributed by atoms with Crippen molar-refractivity contribution in [2.75, 3.05) is 0 Å². The van der Waals surface area contributed by atoms with Gasteiger partial charge in [-0.05, 0) is 25.7 Å². The van der Waals surface area contributed by atoms with Crippen molar-refractivity contribution < 1.29 is 24.9 Å². The molecule has 0 heterocycles. The molecule has 5 nitrogen and oxygen atoms in total. The zero-order valence-corrected chi connectivity index (χ0v) is 15.4. The Kier molecular flexibility index (Phi) is 10.7. The van der Waals surface area contributed by atoms with Crippen molar-refractivity contribution >= 4 is 11.8 Å². The zero-order chi connectivity index (χ0) is 18.7. The van der Waals surface area contributed by atoms with Crippen LogP contribution in [0.5, 0.6) is 0 Å². The van der Waals surface area contributed by atoms with E-state index in [0.717, 1.165) is 38.5 Å². The van der Waals surface area contributed by atoms with Crippen LogP contribution in [0.25, 0.3) is 0 Å². The van der Waals surface area contributed by atoms with Gasteiger partial charge in [0.25, 0.3) is 0 Å². The summed E-state index contributed by atoms with van der Waals surface area (Å²) in [5.41, 5.74) is 0. The first-order chi connectivity index (χ1) is 12.0. The predicted octanol–water partition coefficient (Wildman–Crippen LogP) is 2.14. The van der Waals surface area contributed by atoms with E-state index in [1.54, 1.807) is 6.08 Å². The highest BCUT2D eigenvalue weighted by atomic mass is 16.4. The van der Waals surface area contributed by atoms with Gasteiger partial charge in [-0.2, -0.15) is 0 Å². The fourth-order valence-corrected chi connectivity index (χ4v) is 3.54. The van der Waals surface area contributed by atoms with E-state index in [4.69, 9.17) is 0 Å². The van der Waals surface area contributed by atoms with Crippen LogP contribution >= 0.6 is 0 Å². The van der Waals surface area contributed by atoms with E-state index in [9.17, 15) is 24.9 Å². The van der Waals surface area contributed by atoms with E-state index in [1.165, 1.54) is 0 Å². The second kappa shape index (κ2) is 12.2. The average Bonchev–Trinajstić information content (AvgIpc) is 2.82. The first kappa shape index (κ1) is 21.8. The summed E-state index contributed by atoms with van der Waals surface area (Å²) in [4.78, 5) is 22.5. The van der Waals surface area contributed by atoms with Crippen molar-refractivity contribution in [3.05, 3.63) is 12.2 Å². The molecule has 0 unspecified atom stereocenters. The van der Waals surface area contributed by atoms with Crippen molar-refractivity contribution in [3.63, 3.8) is 0 Å². The van der Waals surface area contributed by atoms with Crippen molar-refractivity contribution in [2.24, 2.45) is 11.8 Å². The fraction of sp³-hybridized carbons (Fsp3) is 0.800. The summed E-state index contributed by atoms with van der Waals surface area (Å²) in [6.45, 7) is 2.12. The van der Waals surface area contributed by atoms with Crippen LogP contribution in [0.3, 0.4) is 0 Å². The number of hydrogen-bond acceptors (Lipinski definition) is 5. The molecule has 0 aromatic heterocycles. The molecule has 144 valence electrons. The Morgan fingerprint density at radius 1 is 1.24 bits per heavy atom. The third kappa shape index (κ3) is 8.63. The van der Waals surface area contributed by atoms with E-state index in [1.807, 2.05) is 6.08 Å². The van der Waals surface area contributed by atoms with Crippen LogP contribution in [-0.4, -0.2) is 34.2 Å². The number of carboxylic acid groups (broad SMARTS) is 1. The van der Waals surface area contributed by atoms with Crippen LogP contribution in [0.2, 0.25) is 0 Å². The van der Waals surface area contributed by atoms with Gasteiger partial charge in [0, 0.05) is 24.2 Å². The highest BCUT2D eigenvalue weighted by molar-refractivity contribution is 5.84. The van der Waals surface area contributed by atoms with E-state index >= 15 is 0 Å². The maximum absolute atomic E-state index is 12.1. The van der Waals surface area contributed by atoms with Crippen LogP contribution in [0.1, 0.15) is 77.6 Å². The lowest BCUT2D eigenvalue weighted by atomic mass is 9.88. The van der Waals surface area contributed by atoms with Crippen LogP contribution in [0, 0.1) is 11.8 Å². The minimum Gasteiger partial charge on any atom is -0.550 e. The number of Topliss-reactive ketones (excluding diaryl/α,β-unsaturated/α-hetero) is 1. The molecule has 1 saturated carbocycles. The van der Waals surface area contributed by atoms with Crippen molar-refractivity contribution in [1.82, 2.24) is 0 Å². The molecule has 1 fully saturated rings. The lowest BCUT2D eigenvalue weighted by Gasteiger charge is -2.18. The minimum atomic E-state index is -1.02. The Labute approximate surface area is 151 Å². The summed E-state index contributed by atoms with van der Waals surface area (Å²) in [5, 5.41) is 30.5. The van der Waals surface area contributed by atoms with Gasteiger partial charge in [-0.1, -0.05) is 57.6 Å². The molecule has 0 aromatic rings. The summed E-state index contributed by atoms with van der Waals surface area (Å²) < 4.78 is 0. The van der Waals surface area contributed by atoms with E-state index in [-0.39, 0.29) is 30.5 Å². The van der Waals surface area contributed by atoms with Gasteiger partial charge < -0.3 is 20.1 Å². The molecule has 1 rings (SSSR count). The Balaban J connectivity index is 2.39. The second-order valence-corrected chi connectivity index (χ2v) is 7.19. The highest BCUT2D eigenvalue weighted by Gasteiger charge is 2.39. The number of carbonyl (C=O) groups excluding carboxylic acids is 2. The standard InChI is InChI=1S/C20H34O5/c1-2-3-6-9-15(21)12-13-17-16(18(22)14-19(17)23)10-7-4-5-8-11-20(24)25/h12-13,15-17,19,21,23H,2-11,14H2,1H3,(H,24,25)/p-1/b13-12+/t15-,16-,17+,19+/m0/s1. The molecule has 0 bridgehead atoms. The van der Waals surface area contributed by atoms with Gasteiger partial charge in [0.05, 0.1) is 12.2 Å². The first-order valence-electron chi connectivity index (χ1n) is 9.72. The Morgan fingerprint density at radius 3 is 2.64 bits per heavy atom. The molecule has 5 heteroatoms. The summed E-state index contributed by atoms with van der Waals surface area (Å²) >= 11 is 0. The van der Waals surface area contributed by atoms with Gasteiger partial charge in [-0.15, -0.1) is 0 Å². The van der Waals surface area contributed by atoms with Crippen LogP contribution in [-0.2, 0) is 9.59 Å². The SMILES string of the molecule is CCCCC[C@H](O)/C=C/[C@H]1[C@H](O)CC(=O)[C@H]1CCCCCCC(=O)[O-]. The number of ketones is 1. The molecular weight excluding hydrogens is 320 g/mol. The monoisotopic (exact) mass is 353 g/mol. The van der Waals surface area contributed by atoms with Gasteiger partial charge >= 0.3 is 0 Å². The summed E-state index contributed by atoms with van der Waals surface area (Å²) in [6, 6.07) is 0. The molecule has 0 spiro atoms. The third-order valence-electron chi connectivity index (χ3n) is 5.04. The Bertz CT molecular complexity index is 432. The lowest BCUT2D eigenvalue weighted by Crippen LogP contribution is -2.21. The molecular formula is C20H33O5-. The molecule has 1 aliphatic rings. The summed E-state index contributed by atoms with van der Waals surface area (Å²) in [7, 11) is 0. The quantitative estimate of drug-likeness (QED) is 0.390. The smallest absolute Gasteiger partial charge is 0.139 e. The highest BCUT2D eigenvalue weighted by Crippen LogP contribution is 2.34. The molecule has 4 atom stereocenters. The Hall–Kier alpha value is -1.20. The molecule has 2 N–H and O–H groups in total. The van der Waals surface area contributed by atoms with Crippen molar-refractivity contribution in [2.45, 2.75) is 89.8 Å². The minimum absolute atomic E-state index is 0.0857. The van der Waals surface area contributed by atoms with Crippen LogP contribution < -0.4 is 5.11 Å². The number of aliphatic hydroxyl groups excluding tert-OH is 2. The van der Waals surface area contributed by atoms with Gasteiger partial charge in [0.1, 0.15) is 5.78 Å². The number of aliphatic hydroxyl groups is 2. The van der Waals surface area contributed by atoms with Crippen molar-refractivity contribution in [3.8, 4) is 0 Å². The third-order valence-corrected chi connectivity index (χ3v) is 5.04. The van der Waals surface area contributed by atoms with E-state index < -0.39 is 18.2 Å². The Morgan fingerprint density at radius 2 is 1.96 bits per heavy atom. The van der Waals surface area contributed by atoms with Crippen molar-refractivity contribution in [1.29, 1.82) is 0 Å².